The van der Waals surface area contributed by atoms with Crippen LogP contribution < -0.4 is 0 Å². The Morgan fingerprint density at radius 1 is 1.23 bits per heavy atom. The molecule has 2 aliphatic rings. The Bertz CT molecular complexity index is 621. The number of hydrogen-bond donors (Lipinski definition) is 0. The van der Waals surface area contributed by atoms with Crippen LogP contribution in [0.15, 0.2) is 29.3 Å². The highest BCUT2D eigenvalue weighted by Gasteiger charge is 2.25. The molecular formula is C17H21N3O2. The molecule has 2 aromatic rings. The van der Waals surface area contributed by atoms with Gasteiger partial charge < -0.3 is 9.15 Å². The van der Waals surface area contributed by atoms with E-state index in [0.717, 1.165) is 52.1 Å². The van der Waals surface area contributed by atoms with E-state index in [0.29, 0.717) is 5.92 Å². The maximum Gasteiger partial charge on any atom is 0.115 e. The third-order valence-electron chi connectivity index (χ3n) is 4.71. The molecule has 1 atom stereocenters. The number of fused-ring (bicyclic) bond motifs is 1. The fraction of sp³-hybridized carbons (Fsp3) is 0.529. The number of rotatable bonds is 3. The molecule has 4 rings (SSSR count). The molecule has 1 saturated heterocycles. The van der Waals surface area contributed by atoms with Gasteiger partial charge in [0, 0.05) is 49.8 Å². The first-order valence-corrected chi connectivity index (χ1v) is 8.04. The third kappa shape index (κ3) is 2.78. The van der Waals surface area contributed by atoms with E-state index < -0.39 is 0 Å². The highest BCUT2D eigenvalue weighted by atomic mass is 16.5. The van der Waals surface area contributed by atoms with Gasteiger partial charge >= 0.3 is 0 Å². The number of nitrogens with zero attached hydrogens (tertiary/aromatic N) is 3. The van der Waals surface area contributed by atoms with E-state index in [1.807, 2.05) is 12.3 Å². The maximum atomic E-state index is 5.54. The Balaban J connectivity index is 1.52. The fourth-order valence-corrected chi connectivity index (χ4v) is 3.50. The van der Waals surface area contributed by atoms with Crippen LogP contribution >= 0.6 is 0 Å². The second kappa shape index (κ2) is 6.18. The van der Waals surface area contributed by atoms with Crippen molar-refractivity contribution < 1.29 is 9.15 Å². The molecule has 116 valence electrons. The van der Waals surface area contributed by atoms with E-state index in [2.05, 4.69) is 14.9 Å². The van der Waals surface area contributed by atoms with Gasteiger partial charge in [0.05, 0.1) is 24.8 Å². The molecule has 0 amide bonds. The van der Waals surface area contributed by atoms with Crippen LogP contribution in [0.25, 0.3) is 0 Å². The lowest BCUT2D eigenvalue weighted by molar-refractivity contribution is 0.193. The van der Waals surface area contributed by atoms with Crippen LogP contribution in [-0.2, 0) is 24.1 Å². The highest BCUT2D eigenvalue weighted by Crippen LogP contribution is 2.29. The van der Waals surface area contributed by atoms with Crippen LogP contribution in [0.2, 0.25) is 0 Å². The van der Waals surface area contributed by atoms with Gasteiger partial charge in [-0.15, -0.1) is 0 Å². The quantitative estimate of drug-likeness (QED) is 0.869. The van der Waals surface area contributed by atoms with Crippen molar-refractivity contribution in [2.45, 2.75) is 31.7 Å². The van der Waals surface area contributed by atoms with E-state index in [9.17, 15) is 0 Å². The molecule has 0 spiro atoms. The monoisotopic (exact) mass is 299 g/mol. The minimum atomic E-state index is 0.456. The normalized spacial score (nSPS) is 22.5. The highest BCUT2D eigenvalue weighted by molar-refractivity contribution is 5.30. The van der Waals surface area contributed by atoms with E-state index >= 15 is 0 Å². The summed E-state index contributed by atoms with van der Waals surface area (Å²) in [7, 11) is 0. The summed E-state index contributed by atoms with van der Waals surface area (Å²) in [5.74, 6) is 0.456. The second-order valence-corrected chi connectivity index (χ2v) is 6.15. The molecule has 5 heteroatoms. The van der Waals surface area contributed by atoms with Crippen molar-refractivity contribution in [2.75, 3.05) is 26.3 Å². The van der Waals surface area contributed by atoms with E-state index in [1.54, 1.807) is 12.6 Å². The molecule has 2 aromatic heterocycles. The van der Waals surface area contributed by atoms with Gasteiger partial charge in [-0.1, -0.05) is 0 Å². The predicted molar refractivity (Wildman–Crippen MR) is 81.6 cm³/mol. The summed E-state index contributed by atoms with van der Waals surface area (Å²) in [6.45, 7) is 4.69. The lowest BCUT2D eigenvalue weighted by Crippen LogP contribution is -2.25. The van der Waals surface area contributed by atoms with Gasteiger partial charge in [-0.3, -0.25) is 4.90 Å². The summed E-state index contributed by atoms with van der Waals surface area (Å²) in [4.78, 5) is 11.6. The van der Waals surface area contributed by atoms with Crippen LogP contribution in [-0.4, -0.2) is 41.2 Å². The van der Waals surface area contributed by atoms with Gasteiger partial charge in [-0.25, -0.2) is 9.97 Å². The van der Waals surface area contributed by atoms with Crippen molar-refractivity contribution >= 4 is 0 Å². The molecule has 0 saturated carbocycles. The van der Waals surface area contributed by atoms with Gasteiger partial charge in [-0.2, -0.15) is 0 Å². The SMILES string of the molecule is c1nc2c(c([C@H]3CCOC3)n1)CCN(Cc1ccoc1)CC2. The molecule has 0 aromatic carbocycles. The first kappa shape index (κ1) is 13.9. The summed E-state index contributed by atoms with van der Waals surface area (Å²) in [5, 5.41) is 0. The maximum absolute atomic E-state index is 5.54. The molecule has 0 unspecified atom stereocenters. The minimum absolute atomic E-state index is 0.456. The van der Waals surface area contributed by atoms with Gasteiger partial charge in [0.1, 0.15) is 6.33 Å². The molecule has 0 N–H and O–H groups in total. The van der Waals surface area contributed by atoms with Crippen LogP contribution in [0.1, 0.15) is 34.9 Å². The number of hydrogen-bond acceptors (Lipinski definition) is 5. The minimum Gasteiger partial charge on any atom is -0.472 e. The average Bonchev–Trinajstić information content (AvgIpc) is 3.20. The molecule has 2 aliphatic heterocycles. The number of furan rings is 1. The van der Waals surface area contributed by atoms with Crippen LogP contribution in [0.5, 0.6) is 0 Å². The summed E-state index contributed by atoms with van der Waals surface area (Å²) in [6, 6.07) is 2.04. The van der Waals surface area contributed by atoms with E-state index in [4.69, 9.17) is 9.15 Å². The topological polar surface area (TPSA) is 51.4 Å². The van der Waals surface area contributed by atoms with Crippen molar-refractivity contribution in [1.82, 2.24) is 14.9 Å². The van der Waals surface area contributed by atoms with Gasteiger partial charge in [0.25, 0.3) is 0 Å². The smallest absolute Gasteiger partial charge is 0.115 e. The molecule has 0 bridgehead atoms. The zero-order valence-corrected chi connectivity index (χ0v) is 12.7. The van der Waals surface area contributed by atoms with Gasteiger partial charge in [-0.05, 0) is 24.5 Å². The molecule has 0 radical (unpaired) electrons. The summed E-state index contributed by atoms with van der Waals surface area (Å²) >= 11 is 0. The Labute approximate surface area is 130 Å². The Kier molecular flexibility index (Phi) is 3.91. The number of aromatic nitrogens is 2. The van der Waals surface area contributed by atoms with Crippen molar-refractivity contribution in [3.05, 3.63) is 47.4 Å². The summed E-state index contributed by atoms with van der Waals surface area (Å²) < 4.78 is 10.7. The van der Waals surface area contributed by atoms with Gasteiger partial charge in [0.15, 0.2) is 0 Å². The third-order valence-corrected chi connectivity index (χ3v) is 4.71. The Hall–Kier alpha value is -1.72. The molecule has 5 nitrogen and oxygen atoms in total. The summed E-state index contributed by atoms with van der Waals surface area (Å²) in [6.07, 6.45) is 8.42. The fourth-order valence-electron chi connectivity index (χ4n) is 3.50. The first-order valence-electron chi connectivity index (χ1n) is 8.04. The second-order valence-electron chi connectivity index (χ2n) is 6.15. The molecular weight excluding hydrogens is 278 g/mol. The largest absolute Gasteiger partial charge is 0.472 e. The lowest BCUT2D eigenvalue weighted by Gasteiger charge is -2.18. The van der Waals surface area contributed by atoms with Crippen molar-refractivity contribution in [1.29, 1.82) is 0 Å². The van der Waals surface area contributed by atoms with Crippen molar-refractivity contribution in [2.24, 2.45) is 0 Å². The average molecular weight is 299 g/mol. The Morgan fingerprint density at radius 2 is 2.18 bits per heavy atom. The van der Waals surface area contributed by atoms with Crippen LogP contribution in [0, 0.1) is 0 Å². The molecule has 22 heavy (non-hydrogen) atoms. The van der Waals surface area contributed by atoms with Crippen LogP contribution in [0.4, 0.5) is 0 Å². The predicted octanol–water partition coefficient (Wildman–Crippen LogP) is 2.17. The zero-order valence-electron chi connectivity index (χ0n) is 12.7. The number of ether oxygens (including phenoxy) is 1. The van der Waals surface area contributed by atoms with Gasteiger partial charge in [0.2, 0.25) is 0 Å². The van der Waals surface area contributed by atoms with Crippen molar-refractivity contribution in [3.8, 4) is 0 Å². The van der Waals surface area contributed by atoms with Crippen LogP contribution in [0.3, 0.4) is 0 Å². The van der Waals surface area contributed by atoms with Crippen molar-refractivity contribution in [3.63, 3.8) is 0 Å². The van der Waals surface area contributed by atoms with E-state index in [1.165, 1.54) is 22.5 Å². The standard InChI is InChI=1S/C17H21N3O2/c1-5-20(9-13-3-7-21-10-13)6-2-16-15(1)17(19-12-18-16)14-4-8-22-11-14/h3,7,10,12,14H,1-2,4-6,8-9,11H2/t14-/m0/s1. The molecule has 0 aliphatic carbocycles. The first-order chi connectivity index (χ1) is 10.9. The molecule has 4 heterocycles. The summed E-state index contributed by atoms with van der Waals surface area (Å²) in [5.41, 5.74) is 5.06. The van der Waals surface area contributed by atoms with E-state index in [-0.39, 0.29) is 0 Å². The zero-order chi connectivity index (χ0) is 14.8. The lowest BCUT2D eigenvalue weighted by atomic mass is 9.96. The molecule has 1 fully saturated rings. The Morgan fingerprint density at radius 3 is 3.00 bits per heavy atom.